The lowest BCUT2D eigenvalue weighted by Gasteiger charge is -2.10. The molecule has 0 aliphatic carbocycles. The minimum atomic E-state index is -0.342. The fourth-order valence-corrected chi connectivity index (χ4v) is 2.18. The highest BCUT2D eigenvalue weighted by atomic mass is 16.3. The first-order valence-electron chi connectivity index (χ1n) is 6.37. The van der Waals surface area contributed by atoms with E-state index in [2.05, 4.69) is 6.58 Å². The molecule has 20 heavy (non-hydrogen) atoms. The first-order valence-corrected chi connectivity index (χ1v) is 6.37. The van der Waals surface area contributed by atoms with Gasteiger partial charge in [-0.2, -0.15) is 0 Å². The number of phenols is 2. The van der Waals surface area contributed by atoms with E-state index in [9.17, 15) is 15.0 Å². The second kappa shape index (κ2) is 6.06. The Balaban J connectivity index is 2.30. The summed E-state index contributed by atoms with van der Waals surface area (Å²) in [5.74, 6) is -0.602. The van der Waals surface area contributed by atoms with Crippen molar-refractivity contribution in [1.82, 2.24) is 0 Å². The molecule has 2 N–H and O–H groups in total. The Morgan fingerprint density at radius 2 is 1.80 bits per heavy atom. The van der Waals surface area contributed by atoms with Gasteiger partial charge >= 0.3 is 0 Å². The van der Waals surface area contributed by atoms with Gasteiger partial charge in [-0.15, -0.1) is 0 Å². The number of phenolic OH excluding ortho intramolecular Hbond substituents is 2. The first-order chi connectivity index (χ1) is 9.61. The molecule has 3 heteroatoms. The van der Waals surface area contributed by atoms with Gasteiger partial charge in [0.1, 0.15) is 11.5 Å². The molecule has 0 saturated heterocycles. The molecule has 0 aliphatic rings. The molecular formula is C17H16O3. The van der Waals surface area contributed by atoms with Crippen LogP contribution in [0, 0.1) is 0 Å². The smallest absolute Gasteiger partial charge is 0.189 e. The van der Waals surface area contributed by atoms with Gasteiger partial charge in [-0.05, 0) is 36.1 Å². The zero-order chi connectivity index (χ0) is 14.5. The number of aromatic hydroxyl groups is 2. The van der Waals surface area contributed by atoms with Gasteiger partial charge in [0.2, 0.25) is 0 Å². The molecule has 0 spiro atoms. The number of allylic oxidation sites excluding steroid dienone is 1. The Morgan fingerprint density at radius 3 is 2.45 bits per heavy atom. The number of hydrogen-bond donors (Lipinski definition) is 2. The van der Waals surface area contributed by atoms with Crippen LogP contribution in [0.3, 0.4) is 0 Å². The van der Waals surface area contributed by atoms with E-state index in [0.29, 0.717) is 12.0 Å². The summed E-state index contributed by atoms with van der Waals surface area (Å²) < 4.78 is 0. The highest BCUT2D eigenvalue weighted by Gasteiger charge is 2.15. The van der Waals surface area contributed by atoms with Gasteiger partial charge in [-0.25, -0.2) is 0 Å². The molecule has 0 radical (unpaired) electrons. The van der Waals surface area contributed by atoms with Gasteiger partial charge in [0.25, 0.3) is 0 Å². The maximum absolute atomic E-state index is 11.8. The van der Waals surface area contributed by atoms with Gasteiger partial charge < -0.3 is 10.2 Å². The average Bonchev–Trinajstić information content (AvgIpc) is 2.45. The van der Waals surface area contributed by atoms with Gasteiger partial charge in [-0.3, -0.25) is 4.79 Å². The number of hydrogen-bond acceptors (Lipinski definition) is 3. The van der Waals surface area contributed by atoms with Crippen LogP contribution >= 0.6 is 0 Å². The summed E-state index contributed by atoms with van der Waals surface area (Å²) >= 11 is 0. The molecule has 0 atom stereocenters. The molecule has 3 nitrogen and oxygen atoms in total. The lowest BCUT2D eigenvalue weighted by Crippen LogP contribution is -2.03. The van der Waals surface area contributed by atoms with E-state index in [1.165, 1.54) is 12.1 Å². The van der Waals surface area contributed by atoms with Crippen molar-refractivity contribution in [2.24, 2.45) is 0 Å². The quantitative estimate of drug-likeness (QED) is 0.646. The van der Waals surface area contributed by atoms with Crippen molar-refractivity contribution >= 4 is 5.78 Å². The molecule has 2 aromatic carbocycles. The van der Waals surface area contributed by atoms with Crippen LogP contribution in [0.5, 0.6) is 11.5 Å². The second-order valence-electron chi connectivity index (χ2n) is 4.55. The molecule has 102 valence electrons. The number of carbonyl (C=O) groups is 1. The molecule has 0 aliphatic heterocycles. The van der Waals surface area contributed by atoms with Crippen LogP contribution in [-0.4, -0.2) is 16.0 Å². The highest BCUT2D eigenvalue weighted by molar-refractivity contribution is 6.07. The summed E-state index contributed by atoms with van der Waals surface area (Å²) in [5, 5.41) is 19.4. The molecule has 0 unspecified atom stereocenters. The Bertz CT molecular complexity index is 630. The van der Waals surface area contributed by atoms with Crippen molar-refractivity contribution in [2.45, 2.75) is 12.8 Å². The zero-order valence-electron chi connectivity index (χ0n) is 11.0. The average molecular weight is 268 g/mol. The number of carbonyl (C=O) groups excluding carboxylic acids is 1. The minimum absolute atomic E-state index is 0.0498. The van der Waals surface area contributed by atoms with Gasteiger partial charge in [0.15, 0.2) is 5.78 Å². The topological polar surface area (TPSA) is 57.5 Å². The number of ketones is 1. The minimum Gasteiger partial charge on any atom is -0.508 e. The fraction of sp³-hybridized carbons (Fsp3) is 0.118. The van der Waals surface area contributed by atoms with Crippen LogP contribution < -0.4 is 0 Å². The molecule has 2 aromatic rings. The summed E-state index contributed by atoms with van der Waals surface area (Å²) in [5.41, 5.74) is 1.97. The standard InChI is InChI=1S/C17H16O3/c1-2-15(19)17-13(10-14(18)11-16(17)20)9-8-12-6-4-3-5-7-12/h2-7,10-11,18,20H,1,8-9H2. The van der Waals surface area contributed by atoms with Gasteiger partial charge in [-0.1, -0.05) is 36.9 Å². The summed E-state index contributed by atoms with van der Waals surface area (Å²) in [6.07, 6.45) is 2.44. The van der Waals surface area contributed by atoms with Crippen molar-refractivity contribution in [2.75, 3.05) is 0 Å². The van der Waals surface area contributed by atoms with Crippen molar-refractivity contribution in [3.8, 4) is 11.5 Å². The molecule has 0 aromatic heterocycles. The van der Waals surface area contributed by atoms with E-state index in [-0.39, 0.29) is 22.8 Å². The third-order valence-electron chi connectivity index (χ3n) is 3.14. The van der Waals surface area contributed by atoms with Crippen LogP contribution in [0.15, 0.2) is 55.1 Å². The van der Waals surface area contributed by atoms with Crippen molar-refractivity contribution in [3.05, 3.63) is 71.8 Å². The molecule has 0 heterocycles. The molecular weight excluding hydrogens is 252 g/mol. The molecule has 0 saturated carbocycles. The Morgan fingerprint density at radius 1 is 1.10 bits per heavy atom. The van der Waals surface area contributed by atoms with E-state index in [0.717, 1.165) is 18.1 Å². The first kappa shape index (κ1) is 13.9. The largest absolute Gasteiger partial charge is 0.508 e. The Kier molecular flexibility index (Phi) is 4.20. The predicted octanol–water partition coefficient (Wildman–Crippen LogP) is 3.25. The summed E-state index contributed by atoms with van der Waals surface area (Å²) in [6, 6.07) is 12.5. The Labute approximate surface area is 117 Å². The monoisotopic (exact) mass is 268 g/mol. The van der Waals surface area contributed by atoms with Crippen molar-refractivity contribution in [3.63, 3.8) is 0 Å². The van der Waals surface area contributed by atoms with E-state index in [1.54, 1.807) is 0 Å². The summed E-state index contributed by atoms with van der Waals surface area (Å²) in [6.45, 7) is 3.44. The lowest BCUT2D eigenvalue weighted by atomic mass is 9.96. The van der Waals surface area contributed by atoms with Gasteiger partial charge in [0.05, 0.1) is 5.56 Å². The van der Waals surface area contributed by atoms with Crippen molar-refractivity contribution in [1.29, 1.82) is 0 Å². The molecule has 0 amide bonds. The van der Waals surface area contributed by atoms with Crippen LogP contribution in [0.1, 0.15) is 21.5 Å². The van der Waals surface area contributed by atoms with E-state index < -0.39 is 0 Å². The van der Waals surface area contributed by atoms with Crippen LogP contribution in [-0.2, 0) is 12.8 Å². The third kappa shape index (κ3) is 3.06. The number of rotatable bonds is 5. The highest BCUT2D eigenvalue weighted by Crippen LogP contribution is 2.29. The van der Waals surface area contributed by atoms with Crippen LogP contribution in [0.2, 0.25) is 0 Å². The predicted molar refractivity (Wildman–Crippen MR) is 78.1 cm³/mol. The summed E-state index contributed by atoms with van der Waals surface area (Å²) in [7, 11) is 0. The second-order valence-corrected chi connectivity index (χ2v) is 4.55. The molecule has 0 bridgehead atoms. The fourth-order valence-electron chi connectivity index (χ4n) is 2.18. The molecule has 2 rings (SSSR count). The Hall–Kier alpha value is -2.55. The summed E-state index contributed by atoms with van der Waals surface area (Å²) in [4.78, 5) is 11.8. The van der Waals surface area contributed by atoms with Crippen molar-refractivity contribution < 1.29 is 15.0 Å². The lowest BCUT2D eigenvalue weighted by molar-refractivity contribution is 0.104. The number of aryl methyl sites for hydroxylation is 2. The normalized spacial score (nSPS) is 10.2. The SMILES string of the molecule is C=CC(=O)c1c(O)cc(O)cc1CCc1ccccc1. The molecule has 0 fully saturated rings. The van der Waals surface area contributed by atoms with E-state index in [1.807, 2.05) is 30.3 Å². The van der Waals surface area contributed by atoms with Gasteiger partial charge in [0, 0.05) is 6.07 Å². The van der Waals surface area contributed by atoms with Crippen LogP contribution in [0.25, 0.3) is 0 Å². The van der Waals surface area contributed by atoms with Crippen LogP contribution in [0.4, 0.5) is 0 Å². The zero-order valence-corrected chi connectivity index (χ0v) is 11.0. The maximum Gasteiger partial charge on any atom is 0.189 e. The number of benzene rings is 2. The van der Waals surface area contributed by atoms with E-state index >= 15 is 0 Å². The third-order valence-corrected chi connectivity index (χ3v) is 3.14. The maximum atomic E-state index is 11.8. The van der Waals surface area contributed by atoms with E-state index in [4.69, 9.17) is 0 Å².